The molecule has 2 rings (SSSR count). The summed E-state index contributed by atoms with van der Waals surface area (Å²) in [6, 6.07) is 13.7. The van der Waals surface area contributed by atoms with Crippen LogP contribution in [-0.4, -0.2) is 12.5 Å². The van der Waals surface area contributed by atoms with Gasteiger partial charge < -0.3 is 10.6 Å². The summed E-state index contributed by atoms with van der Waals surface area (Å²) in [6.45, 7) is 4.28. The van der Waals surface area contributed by atoms with E-state index in [1.165, 1.54) is 5.56 Å². The molecule has 0 saturated carbocycles. The average Bonchev–Trinajstić information content (AvgIpc) is 2.52. The summed E-state index contributed by atoms with van der Waals surface area (Å²) in [7, 11) is 0. The van der Waals surface area contributed by atoms with Crippen molar-refractivity contribution in [1.29, 1.82) is 0 Å². The van der Waals surface area contributed by atoms with Gasteiger partial charge in [0.25, 0.3) is 0 Å². The molecule has 0 aliphatic carbocycles. The van der Waals surface area contributed by atoms with Crippen molar-refractivity contribution in [2.75, 3.05) is 11.9 Å². The fraction of sp³-hybridized carbons (Fsp3) is 0.278. The van der Waals surface area contributed by atoms with Crippen molar-refractivity contribution in [2.24, 2.45) is 0 Å². The minimum atomic E-state index is -0.0639. The lowest BCUT2D eigenvalue weighted by atomic mass is 10.0. The third-order valence-electron chi connectivity index (χ3n) is 3.65. The van der Waals surface area contributed by atoms with Crippen LogP contribution in [0.1, 0.15) is 30.5 Å². The van der Waals surface area contributed by atoms with E-state index in [1.807, 2.05) is 31.2 Å². The Labute approximate surface area is 150 Å². The monoisotopic (exact) mass is 394 g/mol. The lowest BCUT2D eigenvalue weighted by Crippen LogP contribution is -2.31. The number of carbonyl (C=O) groups excluding carboxylic acids is 1. The third-order valence-corrected chi connectivity index (χ3v) is 4.42. The molecule has 0 fully saturated rings. The zero-order valence-corrected chi connectivity index (χ0v) is 15.5. The zero-order valence-electron chi connectivity index (χ0n) is 13.2. The molecule has 0 bridgehead atoms. The Morgan fingerprint density at radius 2 is 1.91 bits per heavy atom. The van der Waals surface area contributed by atoms with Crippen LogP contribution in [0, 0.1) is 6.92 Å². The molecule has 0 heterocycles. The molecule has 0 unspecified atom stereocenters. The van der Waals surface area contributed by atoms with Crippen LogP contribution in [0.15, 0.2) is 46.9 Å². The van der Waals surface area contributed by atoms with Gasteiger partial charge in [0.15, 0.2) is 0 Å². The Balaban J connectivity index is 1.93. The van der Waals surface area contributed by atoms with Crippen LogP contribution >= 0.6 is 27.5 Å². The van der Waals surface area contributed by atoms with Gasteiger partial charge in [-0.15, -0.1) is 0 Å². The predicted octanol–water partition coefficient (Wildman–Crippen LogP) is 5.09. The summed E-state index contributed by atoms with van der Waals surface area (Å²) in [4.78, 5) is 12.1. The van der Waals surface area contributed by atoms with Crippen molar-refractivity contribution in [3.63, 3.8) is 0 Å². The van der Waals surface area contributed by atoms with Crippen LogP contribution in [0.2, 0.25) is 5.02 Å². The standard InChI is InChI=1S/C18H20BrClN2O/c1-3-16(13-4-6-14(19)7-5-13)21-11-18(23)22-17-9-8-15(20)10-12(17)2/h4-10,16,21H,3,11H2,1-2H3,(H,22,23)/t16-/m1/s1. The largest absolute Gasteiger partial charge is 0.325 e. The summed E-state index contributed by atoms with van der Waals surface area (Å²) in [5, 5.41) is 6.88. The quantitative estimate of drug-likeness (QED) is 0.715. The van der Waals surface area contributed by atoms with Gasteiger partial charge in [0.1, 0.15) is 0 Å². The number of carbonyl (C=O) groups is 1. The lowest BCUT2D eigenvalue weighted by Gasteiger charge is -2.17. The lowest BCUT2D eigenvalue weighted by molar-refractivity contribution is -0.115. The number of rotatable bonds is 6. The highest BCUT2D eigenvalue weighted by molar-refractivity contribution is 9.10. The van der Waals surface area contributed by atoms with E-state index in [9.17, 15) is 4.79 Å². The summed E-state index contributed by atoms with van der Waals surface area (Å²) >= 11 is 9.36. The number of anilines is 1. The molecule has 1 amide bonds. The zero-order chi connectivity index (χ0) is 16.8. The van der Waals surface area contributed by atoms with Crippen LogP contribution in [0.25, 0.3) is 0 Å². The molecule has 3 nitrogen and oxygen atoms in total. The molecule has 2 N–H and O–H groups in total. The molecule has 1 atom stereocenters. The van der Waals surface area contributed by atoms with E-state index in [0.29, 0.717) is 5.02 Å². The highest BCUT2D eigenvalue weighted by Gasteiger charge is 2.11. The molecule has 0 radical (unpaired) electrons. The van der Waals surface area contributed by atoms with Gasteiger partial charge in [0.05, 0.1) is 6.54 Å². The molecule has 2 aromatic carbocycles. The average molecular weight is 396 g/mol. The minimum Gasteiger partial charge on any atom is -0.325 e. The van der Waals surface area contributed by atoms with E-state index >= 15 is 0 Å². The molecule has 0 spiro atoms. The van der Waals surface area contributed by atoms with Crippen molar-refractivity contribution in [1.82, 2.24) is 5.32 Å². The van der Waals surface area contributed by atoms with E-state index < -0.39 is 0 Å². The van der Waals surface area contributed by atoms with E-state index in [0.717, 1.165) is 22.1 Å². The Bertz CT molecular complexity index is 673. The van der Waals surface area contributed by atoms with E-state index in [4.69, 9.17) is 11.6 Å². The molecule has 5 heteroatoms. The van der Waals surface area contributed by atoms with E-state index in [2.05, 4.69) is 45.6 Å². The van der Waals surface area contributed by atoms with Crippen LogP contribution in [0.3, 0.4) is 0 Å². The second-order valence-electron chi connectivity index (χ2n) is 5.40. The number of halogens is 2. The van der Waals surface area contributed by atoms with Crippen LogP contribution in [-0.2, 0) is 4.79 Å². The fourth-order valence-corrected chi connectivity index (χ4v) is 2.86. The SMILES string of the molecule is CC[C@@H](NCC(=O)Nc1ccc(Cl)cc1C)c1ccc(Br)cc1. The molecule has 0 aromatic heterocycles. The van der Waals surface area contributed by atoms with Crippen LogP contribution < -0.4 is 10.6 Å². The van der Waals surface area contributed by atoms with Gasteiger partial charge in [0, 0.05) is 21.2 Å². The van der Waals surface area contributed by atoms with Crippen LogP contribution in [0.5, 0.6) is 0 Å². The fourth-order valence-electron chi connectivity index (χ4n) is 2.37. The number of benzene rings is 2. The first-order valence-electron chi connectivity index (χ1n) is 7.54. The number of hydrogen-bond acceptors (Lipinski definition) is 2. The van der Waals surface area contributed by atoms with Gasteiger partial charge in [-0.25, -0.2) is 0 Å². The van der Waals surface area contributed by atoms with E-state index in [-0.39, 0.29) is 18.5 Å². The summed E-state index contributed by atoms with van der Waals surface area (Å²) in [5.41, 5.74) is 2.91. The number of nitrogens with one attached hydrogen (secondary N) is 2. The van der Waals surface area contributed by atoms with Gasteiger partial charge in [0.2, 0.25) is 5.91 Å². The van der Waals surface area contributed by atoms with E-state index in [1.54, 1.807) is 6.07 Å². The Hall–Kier alpha value is -1.36. The van der Waals surface area contributed by atoms with Gasteiger partial charge in [-0.05, 0) is 54.8 Å². The van der Waals surface area contributed by atoms with Crippen molar-refractivity contribution in [2.45, 2.75) is 26.3 Å². The predicted molar refractivity (Wildman–Crippen MR) is 100.0 cm³/mol. The second-order valence-corrected chi connectivity index (χ2v) is 6.75. The molecule has 0 aliphatic rings. The highest BCUT2D eigenvalue weighted by atomic mass is 79.9. The van der Waals surface area contributed by atoms with Gasteiger partial charge in [-0.1, -0.05) is 46.6 Å². The van der Waals surface area contributed by atoms with Gasteiger partial charge in [-0.3, -0.25) is 4.79 Å². The Morgan fingerprint density at radius 1 is 1.22 bits per heavy atom. The Morgan fingerprint density at radius 3 is 2.52 bits per heavy atom. The van der Waals surface area contributed by atoms with Crippen molar-refractivity contribution < 1.29 is 4.79 Å². The maximum absolute atomic E-state index is 12.1. The van der Waals surface area contributed by atoms with Crippen LogP contribution in [0.4, 0.5) is 5.69 Å². The summed E-state index contributed by atoms with van der Waals surface area (Å²) in [6.07, 6.45) is 0.912. The summed E-state index contributed by atoms with van der Waals surface area (Å²) < 4.78 is 1.05. The first kappa shape index (κ1) is 18.0. The molecule has 122 valence electrons. The smallest absolute Gasteiger partial charge is 0.238 e. The first-order valence-corrected chi connectivity index (χ1v) is 8.71. The molecule has 0 saturated heterocycles. The maximum atomic E-state index is 12.1. The Kier molecular flexibility index (Phi) is 6.63. The number of hydrogen-bond donors (Lipinski definition) is 2. The summed E-state index contributed by atoms with van der Waals surface area (Å²) in [5.74, 6) is -0.0639. The molecular weight excluding hydrogens is 376 g/mol. The second kappa shape index (κ2) is 8.48. The topological polar surface area (TPSA) is 41.1 Å². The molecule has 23 heavy (non-hydrogen) atoms. The van der Waals surface area contributed by atoms with Gasteiger partial charge in [-0.2, -0.15) is 0 Å². The number of amides is 1. The normalized spacial score (nSPS) is 12.0. The van der Waals surface area contributed by atoms with Crippen molar-refractivity contribution in [3.8, 4) is 0 Å². The van der Waals surface area contributed by atoms with Crippen molar-refractivity contribution in [3.05, 3.63) is 63.1 Å². The van der Waals surface area contributed by atoms with Crippen molar-refractivity contribution >= 4 is 39.1 Å². The highest BCUT2D eigenvalue weighted by Crippen LogP contribution is 2.21. The third kappa shape index (κ3) is 5.34. The number of aryl methyl sites for hydroxylation is 1. The molecule has 2 aromatic rings. The molecular formula is C18H20BrClN2O. The molecule has 0 aliphatic heterocycles. The first-order chi connectivity index (χ1) is 11.0. The maximum Gasteiger partial charge on any atom is 0.238 e. The minimum absolute atomic E-state index is 0.0639. The van der Waals surface area contributed by atoms with Gasteiger partial charge >= 0.3 is 0 Å².